The van der Waals surface area contributed by atoms with E-state index in [1.54, 1.807) is 6.07 Å². The van der Waals surface area contributed by atoms with Crippen LogP contribution in [0.5, 0.6) is 5.75 Å². The normalized spacial score (nSPS) is 13.7. The average molecular weight is 301 g/mol. The average Bonchev–Trinajstić information content (AvgIpc) is 2.94. The summed E-state index contributed by atoms with van der Waals surface area (Å²) < 4.78 is 5.66. The van der Waals surface area contributed by atoms with Gasteiger partial charge in [-0.05, 0) is 37.1 Å². The molecule has 0 aromatic heterocycles. The summed E-state index contributed by atoms with van der Waals surface area (Å²) in [4.78, 5) is 13.0. The number of carbonyl (C=O) groups excluding carboxylic acids is 1. The third-order valence-corrected chi connectivity index (χ3v) is 4.27. The Morgan fingerprint density at radius 3 is 2.62 bits per heavy atom. The lowest BCUT2D eigenvalue weighted by Crippen LogP contribution is -2.29. The molecule has 3 heteroatoms. The Balaban J connectivity index is 2.07. The zero-order valence-corrected chi connectivity index (χ0v) is 12.9. The Morgan fingerprint density at radius 1 is 1.19 bits per heavy atom. The molecule has 2 nitrogen and oxygen atoms in total. The van der Waals surface area contributed by atoms with Crippen molar-refractivity contribution in [2.24, 2.45) is 0 Å². The fourth-order valence-corrected chi connectivity index (χ4v) is 3.00. The van der Waals surface area contributed by atoms with E-state index in [0.717, 1.165) is 17.5 Å². The molecule has 1 aliphatic rings. The second-order valence-corrected chi connectivity index (χ2v) is 6.30. The first kappa shape index (κ1) is 14.2. The van der Waals surface area contributed by atoms with Crippen molar-refractivity contribution >= 4 is 17.4 Å². The van der Waals surface area contributed by atoms with Gasteiger partial charge in [-0.15, -0.1) is 0 Å². The van der Waals surface area contributed by atoms with E-state index in [2.05, 4.69) is 0 Å². The Hall–Kier alpha value is -1.80. The summed E-state index contributed by atoms with van der Waals surface area (Å²) in [6, 6.07) is 13.4. The molecule has 0 fully saturated rings. The molecule has 21 heavy (non-hydrogen) atoms. The zero-order chi connectivity index (χ0) is 15.0. The number of benzene rings is 2. The number of rotatable bonds is 3. The minimum absolute atomic E-state index is 0.0364. The third kappa shape index (κ3) is 2.44. The maximum Gasteiger partial charge on any atom is 0.176 e. The van der Waals surface area contributed by atoms with Gasteiger partial charge in [0.05, 0.1) is 17.6 Å². The summed E-state index contributed by atoms with van der Waals surface area (Å²) in [6.07, 6.45) is 0.807. The van der Waals surface area contributed by atoms with Crippen molar-refractivity contribution in [3.05, 3.63) is 64.2 Å². The molecule has 0 atom stereocenters. The zero-order valence-electron chi connectivity index (χ0n) is 12.2. The smallest absolute Gasteiger partial charge is 0.176 e. The molecule has 0 radical (unpaired) electrons. The largest absolute Gasteiger partial charge is 0.492 e. The fraction of sp³-hybridized carbons (Fsp3) is 0.278. The number of ketones is 1. The molecule has 3 rings (SSSR count). The summed E-state index contributed by atoms with van der Waals surface area (Å²) in [5.74, 6) is 0.739. The number of hydrogen-bond acceptors (Lipinski definition) is 2. The van der Waals surface area contributed by atoms with Gasteiger partial charge in [0, 0.05) is 11.4 Å². The van der Waals surface area contributed by atoms with E-state index in [1.165, 1.54) is 0 Å². The van der Waals surface area contributed by atoms with Gasteiger partial charge in [0.2, 0.25) is 0 Å². The number of halogens is 1. The molecule has 0 saturated carbocycles. The van der Waals surface area contributed by atoms with Gasteiger partial charge in [-0.25, -0.2) is 0 Å². The fourth-order valence-electron chi connectivity index (χ4n) is 2.76. The molecule has 0 aliphatic carbocycles. The Labute approximate surface area is 129 Å². The summed E-state index contributed by atoms with van der Waals surface area (Å²) in [7, 11) is 0. The highest BCUT2D eigenvalue weighted by atomic mass is 35.5. The molecule has 1 heterocycles. The van der Waals surface area contributed by atoms with E-state index in [4.69, 9.17) is 16.3 Å². The van der Waals surface area contributed by atoms with Crippen LogP contribution in [0.3, 0.4) is 0 Å². The maximum atomic E-state index is 13.0. The number of carbonyl (C=O) groups is 1. The lowest BCUT2D eigenvalue weighted by atomic mass is 9.77. The van der Waals surface area contributed by atoms with E-state index in [1.807, 2.05) is 50.2 Å². The maximum absolute atomic E-state index is 13.0. The molecule has 0 bridgehead atoms. The second-order valence-electron chi connectivity index (χ2n) is 5.86. The first-order valence-corrected chi connectivity index (χ1v) is 7.43. The van der Waals surface area contributed by atoms with E-state index in [9.17, 15) is 4.79 Å². The summed E-state index contributed by atoms with van der Waals surface area (Å²) in [5.41, 5.74) is 1.98. The van der Waals surface area contributed by atoms with E-state index in [0.29, 0.717) is 22.9 Å². The molecule has 0 unspecified atom stereocenters. The van der Waals surface area contributed by atoms with Crippen LogP contribution >= 0.6 is 11.6 Å². The van der Waals surface area contributed by atoms with Gasteiger partial charge in [0.25, 0.3) is 0 Å². The van der Waals surface area contributed by atoms with Crippen molar-refractivity contribution in [1.29, 1.82) is 0 Å². The molecule has 108 valence electrons. The highest BCUT2D eigenvalue weighted by Crippen LogP contribution is 2.37. The lowest BCUT2D eigenvalue weighted by molar-refractivity contribution is 0.0905. The highest BCUT2D eigenvalue weighted by molar-refractivity contribution is 6.31. The standard InChI is InChI=1S/C18H17ClO2/c1-18(2,13-6-4-3-5-7-13)17(20)15-11-14(19)10-12-8-9-21-16(12)15/h3-7,10-11H,8-9H2,1-2H3. The van der Waals surface area contributed by atoms with Gasteiger partial charge >= 0.3 is 0 Å². The molecule has 0 N–H and O–H groups in total. The molecule has 0 spiro atoms. The van der Waals surface area contributed by atoms with Crippen molar-refractivity contribution in [3.8, 4) is 5.75 Å². The van der Waals surface area contributed by atoms with Crippen LogP contribution in [0.1, 0.15) is 35.3 Å². The van der Waals surface area contributed by atoms with Gasteiger partial charge in [-0.3, -0.25) is 4.79 Å². The van der Waals surface area contributed by atoms with Gasteiger partial charge in [0.15, 0.2) is 5.78 Å². The van der Waals surface area contributed by atoms with Gasteiger partial charge in [-0.2, -0.15) is 0 Å². The molecule has 2 aromatic rings. The Kier molecular flexibility index (Phi) is 3.50. The number of hydrogen-bond donors (Lipinski definition) is 0. The van der Waals surface area contributed by atoms with Crippen molar-refractivity contribution < 1.29 is 9.53 Å². The van der Waals surface area contributed by atoms with Crippen LogP contribution in [0.2, 0.25) is 5.02 Å². The molecule has 2 aromatic carbocycles. The highest BCUT2D eigenvalue weighted by Gasteiger charge is 2.34. The molecular weight excluding hydrogens is 284 g/mol. The van der Waals surface area contributed by atoms with Crippen molar-refractivity contribution in [3.63, 3.8) is 0 Å². The second kappa shape index (κ2) is 5.19. The van der Waals surface area contributed by atoms with Crippen LogP contribution in [0, 0.1) is 0 Å². The van der Waals surface area contributed by atoms with Crippen LogP contribution in [0.4, 0.5) is 0 Å². The van der Waals surface area contributed by atoms with Gasteiger partial charge in [0.1, 0.15) is 5.75 Å². The molecule has 1 aliphatic heterocycles. The van der Waals surface area contributed by atoms with Crippen molar-refractivity contribution in [1.82, 2.24) is 0 Å². The van der Waals surface area contributed by atoms with Crippen molar-refractivity contribution in [2.75, 3.05) is 6.61 Å². The summed E-state index contributed by atoms with van der Waals surface area (Å²) in [6.45, 7) is 4.49. The van der Waals surface area contributed by atoms with Crippen LogP contribution in [0.25, 0.3) is 0 Å². The van der Waals surface area contributed by atoms with E-state index >= 15 is 0 Å². The number of ether oxygens (including phenoxy) is 1. The first-order valence-electron chi connectivity index (χ1n) is 7.05. The summed E-state index contributed by atoms with van der Waals surface area (Å²) in [5, 5.41) is 0.589. The van der Waals surface area contributed by atoms with Crippen molar-refractivity contribution in [2.45, 2.75) is 25.7 Å². The van der Waals surface area contributed by atoms with Gasteiger partial charge < -0.3 is 4.74 Å². The van der Waals surface area contributed by atoms with Gasteiger partial charge in [-0.1, -0.05) is 41.9 Å². The first-order chi connectivity index (χ1) is 10.00. The molecule has 0 saturated heterocycles. The predicted octanol–water partition coefficient (Wildman–Crippen LogP) is 4.44. The SMILES string of the molecule is CC(C)(C(=O)c1cc(Cl)cc2c1OCC2)c1ccccc1. The minimum Gasteiger partial charge on any atom is -0.492 e. The third-order valence-electron chi connectivity index (χ3n) is 4.06. The topological polar surface area (TPSA) is 26.3 Å². The number of Topliss-reactive ketones (excluding diaryl/α,β-unsaturated/α-hetero) is 1. The molecular formula is C18H17ClO2. The van der Waals surface area contributed by atoms with Crippen LogP contribution < -0.4 is 4.74 Å². The molecule has 0 amide bonds. The Morgan fingerprint density at radius 2 is 1.90 bits per heavy atom. The minimum atomic E-state index is -0.619. The Bertz CT molecular complexity index is 690. The van der Waals surface area contributed by atoms with Crippen LogP contribution in [-0.4, -0.2) is 12.4 Å². The quantitative estimate of drug-likeness (QED) is 0.784. The lowest BCUT2D eigenvalue weighted by Gasteiger charge is -2.24. The number of fused-ring (bicyclic) bond motifs is 1. The predicted molar refractivity (Wildman–Crippen MR) is 84.4 cm³/mol. The van der Waals surface area contributed by atoms with Crippen LogP contribution in [0.15, 0.2) is 42.5 Å². The van der Waals surface area contributed by atoms with Crippen LogP contribution in [-0.2, 0) is 11.8 Å². The summed E-state index contributed by atoms with van der Waals surface area (Å²) >= 11 is 6.16. The van der Waals surface area contributed by atoms with E-state index < -0.39 is 5.41 Å². The monoisotopic (exact) mass is 300 g/mol. The van der Waals surface area contributed by atoms with E-state index in [-0.39, 0.29) is 5.78 Å².